The maximum Gasteiger partial charge on any atom is 0.133 e. The van der Waals surface area contributed by atoms with Gasteiger partial charge in [0, 0.05) is 26.2 Å². The molecular formula is C13H18BrFN2O. The number of nitrogens with one attached hydrogen (secondary N) is 1. The van der Waals surface area contributed by atoms with Gasteiger partial charge < -0.3 is 10.1 Å². The lowest BCUT2D eigenvalue weighted by molar-refractivity contribution is 0.147. The Bertz CT molecular complexity index is 397. The van der Waals surface area contributed by atoms with Gasteiger partial charge in [-0.1, -0.05) is 6.07 Å². The van der Waals surface area contributed by atoms with Crippen LogP contribution >= 0.6 is 15.9 Å². The lowest BCUT2D eigenvalue weighted by atomic mass is 10.1. The number of nitrogens with zero attached hydrogens (tertiary/aromatic N) is 1. The zero-order valence-electron chi connectivity index (χ0n) is 10.5. The molecule has 0 aromatic heterocycles. The van der Waals surface area contributed by atoms with Crippen molar-refractivity contribution in [1.82, 2.24) is 10.2 Å². The molecule has 18 heavy (non-hydrogen) atoms. The van der Waals surface area contributed by atoms with Crippen molar-refractivity contribution in [2.24, 2.45) is 0 Å². The Balaban J connectivity index is 2.18. The standard InChI is InChI=1S/C13H18BrFN2O/c1-18-13-3-2-10(8-11(13)14)12(9-15)17-6-4-16-5-7-17/h2-3,8,12,16H,4-7,9H2,1H3/t12-/m1/s1. The molecule has 1 fully saturated rings. The Morgan fingerprint density at radius 1 is 1.44 bits per heavy atom. The van der Waals surface area contributed by atoms with Crippen LogP contribution in [0.4, 0.5) is 4.39 Å². The van der Waals surface area contributed by atoms with Gasteiger partial charge in [-0.2, -0.15) is 0 Å². The molecule has 1 N–H and O–H groups in total. The summed E-state index contributed by atoms with van der Waals surface area (Å²) in [5.74, 6) is 0.775. The van der Waals surface area contributed by atoms with E-state index in [0.717, 1.165) is 42.0 Å². The van der Waals surface area contributed by atoms with E-state index in [2.05, 4.69) is 26.1 Å². The molecule has 0 radical (unpaired) electrons. The van der Waals surface area contributed by atoms with Crippen molar-refractivity contribution in [1.29, 1.82) is 0 Å². The molecule has 0 amide bonds. The van der Waals surface area contributed by atoms with Crippen LogP contribution in [0.5, 0.6) is 5.75 Å². The van der Waals surface area contributed by atoms with Gasteiger partial charge in [-0.25, -0.2) is 4.39 Å². The van der Waals surface area contributed by atoms with E-state index in [1.807, 2.05) is 18.2 Å². The number of methoxy groups -OCH3 is 1. The number of hydrogen-bond donors (Lipinski definition) is 1. The third-order valence-electron chi connectivity index (χ3n) is 3.30. The van der Waals surface area contributed by atoms with Crippen molar-refractivity contribution in [2.75, 3.05) is 40.0 Å². The van der Waals surface area contributed by atoms with E-state index in [-0.39, 0.29) is 12.7 Å². The van der Waals surface area contributed by atoms with E-state index >= 15 is 0 Å². The van der Waals surface area contributed by atoms with E-state index in [9.17, 15) is 4.39 Å². The van der Waals surface area contributed by atoms with Crippen molar-refractivity contribution in [3.8, 4) is 5.75 Å². The van der Waals surface area contributed by atoms with Gasteiger partial charge in [0.15, 0.2) is 0 Å². The molecule has 1 saturated heterocycles. The molecule has 1 atom stereocenters. The highest BCUT2D eigenvalue weighted by Crippen LogP contribution is 2.30. The van der Waals surface area contributed by atoms with E-state index in [4.69, 9.17) is 4.74 Å². The summed E-state index contributed by atoms with van der Waals surface area (Å²) in [5.41, 5.74) is 0.993. The molecule has 1 aromatic rings. The van der Waals surface area contributed by atoms with Crippen LogP contribution in [0.15, 0.2) is 22.7 Å². The first-order chi connectivity index (χ1) is 8.76. The first kappa shape index (κ1) is 13.8. The van der Waals surface area contributed by atoms with Crippen LogP contribution < -0.4 is 10.1 Å². The van der Waals surface area contributed by atoms with Gasteiger partial charge in [0.1, 0.15) is 12.4 Å². The fourth-order valence-electron chi connectivity index (χ4n) is 2.28. The number of rotatable bonds is 4. The summed E-state index contributed by atoms with van der Waals surface area (Å²) >= 11 is 3.45. The predicted molar refractivity (Wildman–Crippen MR) is 73.9 cm³/mol. The Kier molecular flexibility index (Phi) is 4.97. The minimum Gasteiger partial charge on any atom is -0.496 e. The second kappa shape index (κ2) is 6.50. The summed E-state index contributed by atoms with van der Waals surface area (Å²) in [7, 11) is 1.63. The van der Waals surface area contributed by atoms with E-state index in [1.54, 1.807) is 7.11 Å². The normalized spacial score (nSPS) is 18.6. The minimum atomic E-state index is -0.362. The molecule has 0 saturated carbocycles. The van der Waals surface area contributed by atoms with Crippen LogP contribution in [0.3, 0.4) is 0 Å². The summed E-state index contributed by atoms with van der Waals surface area (Å²) in [6.45, 7) is 3.26. The van der Waals surface area contributed by atoms with E-state index in [0.29, 0.717) is 0 Å². The summed E-state index contributed by atoms with van der Waals surface area (Å²) in [6, 6.07) is 5.61. The van der Waals surface area contributed by atoms with Gasteiger partial charge in [-0.05, 0) is 33.6 Å². The van der Waals surface area contributed by atoms with Gasteiger partial charge in [-0.3, -0.25) is 4.90 Å². The third-order valence-corrected chi connectivity index (χ3v) is 3.92. The molecule has 1 aromatic carbocycles. The first-order valence-electron chi connectivity index (χ1n) is 6.10. The van der Waals surface area contributed by atoms with Crippen molar-refractivity contribution in [3.05, 3.63) is 28.2 Å². The average molecular weight is 317 g/mol. The van der Waals surface area contributed by atoms with Crippen molar-refractivity contribution >= 4 is 15.9 Å². The lowest BCUT2D eigenvalue weighted by Gasteiger charge is -2.33. The van der Waals surface area contributed by atoms with Crippen LogP contribution in [0.2, 0.25) is 0 Å². The second-order valence-electron chi connectivity index (χ2n) is 4.35. The molecule has 2 rings (SSSR count). The fraction of sp³-hybridized carbons (Fsp3) is 0.538. The number of benzene rings is 1. The van der Waals surface area contributed by atoms with E-state index in [1.165, 1.54) is 0 Å². The zero-order chi connectivity index (χ0) is 13.0. The van der Waals surface area contributed by atoms with E-state index < -0.39 is 0 Å². The Hall–Kier alpha value is -0.650. The quantitative estimate of drug-likeness (QED) is 0.923. The lowest BCUT2D eigenvalue weighted by Crippen LogP contribution is -2.45. The minimum absolute atomic E-state index is 0.158. The van der Waals surface area contributed by atoms with Crippen molar-refractivity contribution in [3.63, 3.8) is 0 Å². The molecule has 0 aliphatic carbocycles. The molecule has 1 aliphatic rings. The Labute approximate surface area is 115 Å². The maximum atomic E-state index is 13.3. The number of piperazine rings is 1. The number of alkyl halides is 1. The van der Waals surface area contributed by atoms with Crippen LogP contribution in [0.1, 0.15) is 11.6 Å². The maximum absolute atomic E-state index is 13.3. The summed E-state index contributed by atoms with van der Waals surface area (Å²) in [5, 5.41) is 3.28. The second-order valence-corrected chi connectivity index (χ2v) is 5.20. The summed E-state index contributed by atoms with van der Waals surface area (Å²) < 4.78 is 19.4. The van der Waals surface area contributed by atoms with Crippen LogP contribution in [0.25, 0.3) is 0 Å². The summed E-state index contributed by atoms with van der Waals surface area (Å²) in [6.07, 6.45) is 0. The van der Waals surface area contributed by atoms with Gasteiger partial charge in [0.25, 0.3) is 0 Å². The van der Waals surface area contributed by atoms with Gasteiger partial charge >= 0.3 is 0 Å². The SMILES string of the molecule is COc1ccc([C@@H](CF)N2CCNCC2)cc1Br. The molecule has 0 unspecified atom stereocenters. The van der Waals surface area contributed by atoms with Crippen molar-refractivity contribution < 1.29 is 9.13 Å². The van der Waals surface area contributed by atoms with Gasteiger partial charge in [0.2, 0.25) is 0 Å². The molecule has 1 heterocycles. The number of hydrogen-bond acceptors (Lipinski definition) is 3. The van der Waals surface area contributed by atoms with Gasteiger partial charge in [0.05, 0.1) is 17.6 Å². The van der Waals surface area contributed by atoms with Crippen LogP contribution in [-0.2, 0) is 0 Å². The average Bonchev–Trinajstić information content (AvgIpc) is 2.41. The molecule has 5 heteroatoms. The highest BCUT2D eigenvalue weighted by Gasteiger charge is 2.22. The molecule has 3 nitrogen and oxygen atoms in total. The van der Waals surface area contributed by atoms with Crippen LogP contribution in [-0.4, -0.2) is 44.9 Å². The zero-order valence-corrected chi connectivity index (χ0v) is 12.0. The summed E-state index contributed by atoms with van der Waals surface area (Å²) in [4.78, 5) is 2.19. The topological polar surface area (TPSA) is 24.5 Å². The highest BCUT2D eigenvalue weighted by atomic mass is 79.9. The predicted octanol–water partition coefficient (Wildman–Crippen LogP) is 2.37. The molecule has 0 spiro atoms. The smallest absolute Gasteiger partial charge is 0.133 e. The number of halogens is 2. The molecule has 0 bridgehead atoms. The van der Waals surface area contributed by atoms with Crippen LogP contribution in [0, 0.1) is 0 Å². The Morgan fingerprint density at radius 2 is 2.17 bits per heavy atom. The number of ether oxygens (including phenoxy) is 1. The first-order valence-corrected chi connectivity index (χ1v) is 6.89. The molecule has 100 valence electrons. The van der Waals surface area contributed by atoms with Gasteiger partial charge in [-0.15, -0.1) is 0 Å². The monoisotopic (exact) mass is 316 g/mol. The highest BCUT2D eigenvalue weighted by molar-refractivity contribution is 9.10. The molecule has 1 aliphatic heterocycles. The Morgan fingerprint density at radius 3 is 2.72 bits per heavy atom. The van der Waals surface area contributed by atoms with Crippen molar-refractivity contribution in [2.45, 2.75) is 6.04 Å². The third kappa shape index (κ3) is 3.02. The largest absolute Gasteiger partial charge is 0.496 e. The fourth-order valence-corrected chi connectivity index (χ4v) is 2.84. The molecular weight excluding hydrogens is 299 g/mol.